The maximum Gasteiger partial charge on any atom is 0.143 e. The molecule has 8 nitrogen and oxygen atoms in total. The van der Waals surface area contributed by atoms with Crippen molar-refractivity contribution < 1.29 is 18.9 Å². The fraction of sp³-hybridized carbons (Fsp3) is 0.435. The molecule has 4 aromatic rings. The van der Waals surface area contributed by atoms with Crippen LogP contribution < -0.4 is 28.7 Å². The molecule has 8 heteroatoms. The van der Waals surface area contributed by atoms with Crippen molar-refractivity contribution in [3.63, 3.8) is 0 Å². The van der Waals surface area contributed by atoms with Crippen LogP contribution in [0.3, 0.4) is 0 Å². The van der Waals surface area contributed by atoms with Crippen molar-refractivity contribution in [1.82, 2.24) is 9.97 Å². The molecular weight excluding hydrogens is 673 g/mol. The summed E-state index contributed by atoms with van der Waals surface area (Å²) < 4.78 is 23.6. The zero-order valence-electron chi connectivity index (χ0n) is 34.0. The second-order valence-corrected chi connectivity index (χ2v) is 13.5. The highest BCUT2D eigenvalue weighted by molar-refractivity contribution is 5.80. The molecule has 0 radical (unpaired) electrons. The largest absolute Gasteiger partial charge is 0.496 e. The number of methoxy groups -OCH3 is 4. The predicted octanol–water partition coefficient (Wildman–Crippen LogP) is 11.3. The summed E-state index contributed by atoms with van der Waals surface area (Å²) in [6, 6.07) is 16.5. The summed E-state index contributed by atoms with van der Waals surface area (Å²) in [7, 11) is 6.92. The normalized spacial score (nSPS) is 11.3. The highest BCUT2D eigenvalue weighted by Gasteiger charge is 2.17. The maximum atomic E-state index is 5.91. The van der Waals surface area contributed by atoms with Gasteiger partial charge in [0.2, 0.25) is 0 Å². The second kappa shape index (κ2) is 22.3. The summed E-state index contributed by atoms with van der Waals surface area (Å²) in [5.74, 6) is 3.31. The number of unbranched alkanes of at least 4 members (excludes halogenated alkanes) is 4. The Balaban J connectivity index is 1.58. The van der Waals surface area contributed by atoms with Gasteiger partial charge in [-0.1, -0.05) is 77.7 Å². The van der Waals surface area contributed by atoms with Crippen LogP contribution in [0.4, 0.5) is 11.4 Å². The highest BCUT2D eigenvalue weighted by Crippen LogP contribution is 2.38. The van der Waals surface area contributed by atoms with Crippen molar-refractivity contribution in [2.45, 2.75) is 79.1 Å². The van der Waals surface area contributed by atoms with Gasteiger partial charge in [-0.15, -0.1) is 0 Å². The van der Waals surface area contributed by atoms with Gasteiger partial charge in [0.1, 0.15) is 23.0 Å². The molecule has 0 amide bonds. The summed E-state index contributed by atoms with van der Waals surface area (Å²) >= 11 is 0. The molecule has 0 atom stereocenters. The molecule has 290 valence electrons. The van der Waals surface area contributed by atoms with Gasteiger partial charge in [0.15, 0.2) is 0 Å². The first-order chi connectivity index (χ1) is 26.4. The molecule has 2 aromatic heterocycles. The molecule has 0 saturated heterocycles. The van der Waals surface area contributed by atoms with Crippen molar-refractivity contribution in [3.05, 3.63) is 83.2 Å². The van der Waals surface area contributed by atoms with Crippen molar-refractivity contribution in [2.75, 3.05) is 64.4 Å². The zero-order chi connectivity index (χ0) is 38.7. The van der Waals surface area contributed by atoms with E-state index >= 15 is 0 Å². The van der Waals surface area contributed by atoms with Crippen LogP contribution >= 0.6 is 0 Å². The van der Waals surface area contributed by atoms with E-state index in [1.54, 1.807) is 28.4 Å². The third-order valence-corrected chi connectivity index (χ3v) is 9.61. The van der Waals surface area contributed by atoms with Gasteiger partial charge in [-0.25, -0.2) is 0 Å². The summed E-state index contributed by atoms with van der Waals surface area (Å²) in [5.41, 5.74) is 7.63. The van der Waals surface area contributed by atoms with Crippen LogP contribution in [0.2, 0.25) is 0 Å². The number of rotatable bonds is 23. The number of hydrogen-bond donors (Lipinski definition) is 0. The molecule has 54 heavy (non-hydrogen) atoms. The van der Waals surface area contributed by atoms with E-state index in [1.807, 2.05) is 24.5 Å². The Labute approximate surface area is 324 Å². The van der Waals surface area contributed by atoms with Crippen molar-refractivity contribution in [2.24, 2.45) is 0 Å². The minimum absolute atomic E-state index is 0.789. The number of anilines is 2. The number of nitrogens with zero attached hydrogens (tertiary/aromatic N) is 4. The number of pyridine rings is 2. The highest BCUT2D eigenvalue weighted by atomic mass is 16.5. The SMILES string of the molecule is CCCCN(CCCC)c1cc(OC)c(/C=C/c2ccnc(-c3cc(/C=C/c4cc(OC)c(N(CCCC)CCCC)cc4OC)ccn3)c2)cc1OC. The van der Waals surface area contributed by atoms with E-state index < -0.39 is 0 Å². The van der Waals surface area contributed by atoms with E-state index in [2.05, 4.69) is 108 Å². The fourth-order valence-electron chi connectivity index (χ4n) is 6.42. The van der Waals surface area contributed by atoms with Crippen LogP contribution in [0.25, 0.3) is 35.7 Å². The monoisotopic (exact) mass is 734 g/mol. The van der Waals surface area contributed by atoms with Gasteiger partial charge in [0.25, 0.3) is 0 Å². The first-order valence-corrected chi connectivity index (χ1v) is 19.7. The van der Waals surface area contributed by atoms with E-state index in [1.165, 1.54) is 0 Å². The van der Waals surface area contributed by atoms with E-state index in [0.29, 0.717) is 0 Å². The quantitative estimate of drug-likeness (QED) is 0.0746. The van der Waals surface area contributed by atoms with Gasteiger partial charge in [-0.3, -0.25) is 9.97 Å². The Morgan fingerprint density at radius 2 is 0.815 bits per heavy atom. The predicted molar refractivity (Wildman–Crippen MR) is 228 cm³/mol. The molecule has 0 saturated carbocycles. The maximum absolute atomic E-state index is 5.91. The third kappa shape index (κ3) is 11.5. The molecule has 0 aliphatic rings. The standard InChI is InChI=1S/C46H62N4O4/c1-9-13-25-49(26-14-10-2)41-33-43(51-5)37(31-45(41)53-7)19-17-35-21-23-47-39(29-35)40-30-36(22-24-48-40)18-20-38-32-46(54-8)42(34-44(38)52-6)50(27-15-11-3)28-16-12-4/h17-24,29-34H,9-16,25-28H2,1-8H3/b19-17+,20-18+. The Hall–Kier alpha value is -4.98. The van der Waals surface area contributed by atoms with Crippen LogP contribution in [0.5, 0.6) is 23.0 Å². The number of ether oxygens (including phenoxy) is 4. The lowest BCUT2D eigenvalue weighted by atomic mass is 10.1. The first-order valence-electron chi connectivity index (χ1n) is 19.7. The topological polar surface area (TPSA) is 69.2 Å². The van der Waals surface area contributed by atoms with Crippen LogP contribution in [-0.2, 0) is 0 Å². The molecular formula is C46H62N4O4. The van der Waals surface area contributed by atoms with Gasteiger partial charge < -0.3 is 28.7 Å². The smallest absolute Gasteiger partial charge is 0.143 e. The number of hydrogen-bond acceptors (Lipinski definition) is 8. The molecule has 0 aliphatic heterocycles. The van der Waals surface area contributed by atoms with Crippen molar-refractivity contribution in [3.8, 4) is 34.4 Å². The minimum Gasteiger partial charge on any atom is -0.496 e. The third-order valence-electron chi connectivity index (χ3n) is 9.61. The summed E-state index contributed by atoms with van der Waals surface area (Å²) in [6.07, 6.45) is 21.0. The Kier molecular flexibility index (Phi) is 17.2. The van der Waals surface area contributed by atoms with Crippen LogP contribution in [0.1, 0.15) is 101 Å². The van der Waals surface area contributed by atoms with Crippen LogP contribution in [-0.4, -0.2) is 64.6 Å². The molecule has 0 unspecified atom stereocenters. The summed E-state index contributed by atoms with van der Waals surface area (Å²) in [6.45, 7) is 12.9. The molecule has 0 spiro atoms. The number of benzene rings is 2. The van der Waals surface area contributed by atoms with Gasteiger partial charge in [-0.2, -0.15) is 0 Å². The average molecular weight is 735 g/mol. The number of aromatic nitrogens is 2. The molecule has 2 heterocycles. The minimum atomic E-state index is 0.789. The van der Waals surface area contributed by atoms with Crippen molar-refractivity contribution >= 4 is 35.7 Å². The molecule has 0 fully saturated rings. The van der Waals surface area contributed by atoms with Crippen LogP contribution in [0.15, 0.2) is 60.9 Å². The van der Waals surface area contributed by atoms with Crippen LogP contribution in [0, 0.1) is 0 Å². The second-order valence-electron chi connectivity index (χ2n) is 13.5. The van der Waals surface area contributed by atoms with Gasteiger partial charge in [-0.05, 0) is 73.2 Å². The lowest BCUT2D eigenvalue weighted by Gasteiger charge is -2.27. The molecule has 0 N–H and O–H groups in total. The molecule has 0 bridgehead atoms. The van der Waals surface area contributed by atoms with Gasteiger partial charge in [0, 0.05) is 61.8 Å². The summed E-state index contributed by atoms with van der Waals surface area (Å²) in [4.78, 5) is 14.2. The fourth-order valence-corrected chi connectivity index (χ4v) is 6.42. The average Bonchev–Trinajstić information content (AvgIpc) is 3.22. The summed E-state index contributed by atoms with van der Waals surface area (Å²) in [5, 5.41) is 0. The van der Waals surface area contributed by atoms with E-state index in [4.69, 9.17) is 18.9 Å². The van der Waals surface area contributed by atoms with Gasteiger partial charge >= 0.3 is 0 Å². The van der Waals surface area contributed by atoms with E-state index in [0.717, 1.165) is 146 Å². The zero-order valence-corrected chi connectivity index (χ0v) is 34.0. The lowest BCUT2D eigenvalue weighted by Crippen LogP contribution is -2.26. The molecule has 2 aromatic carbocycles. The molecule has 0 aliphatic carbocycles. The van der Waals surface area contributed by atoms with E-state index in [9.17, 15) is 0 Å². The first kappa shape index (κ1) is 41.8. The molecule has 4 rings (SSSR count). The van der Waals surface area contributed by atoms with E-state index in [-0.39, 0.29) is 0 Å². The Bertz CT molecular complexity index is 1660. The Morgan fingerprint density at radius 3 is 1.13 bits per heavy atom. The Morgan fingerprint density at radius 1 is 0.463 bits per heavy atom. The van der Waals surface area contributed by atoms with Gasteiger partial charge in [0.05, 0.1) is 51.2 Å². The lowest BCUT2D eigenvalue weighted by molar-refractivity contribution is 0.401. The van der Waals surface area contributed by atoms with Crippen molar-refractivity contribution in [1.29, 1.82) is 0 Å².